The van der Waals surface area contributed by atoms with Crippen molar-refractivity contribution in [2.24, 2.45) is 11.8 Å². The summed E-state index contributed by atoms with van der Waals surface area (Å²) < 4.78 is 1.47. The number of aromatic nitrogens is 4. The standard InChI is InChI=1S/C22H23N5O/c28-22-8-6-20(26-27(22)14-16-2-1-9-23-12-16)17-4-7-21(24-13-17)25-19-5-3-15-10-18(19)11-15/h1-2,4,6-9,12-13,15,18-19H,3,5,10-11,14H2,(H,24,25). The molecule has 2 bridgehead atoms. The normalized spacial score (nSPS) is 23.1. The molecule has 3 saturated carbocycles. The van der Waals surface area contributed by atoms with Crippen LogP contribution < -0.4 is 10.9 Å². The summed E-state index contributed by atoms with van der Waals surface area (Å²) in [6.07, 6.45) is 10.6. The van der Waals surface area contributed by atoms with E-state index in [4.69, 9.17) is 0 Å². The van der Waals surface area contributed by atoms with Gasteiger partial charge in [0.2, 0.25) is 0 Å². The Morgan fingerprint density at radius 2 is 2.00 bits per heavy atom. The van der Waals surface area contributed by atoms with Gasteiger partial charge >= 0.3 is 0 Å². The molecule has 3 aliphatic rings. The van der Waals surface area contributed by atoms with Crippen molar-refractivity contribution in [1.82, 2.24) is 19.7 Å². The van der Waals surface area contributed by atoms with Gasteiger partial charge in [-0.3, -0.25) is 9.78 Å². The van der Waals surface area contributed by atoms with Crippen molar-refractivity contribution in [3.05, 3.63) is 70.9 Å². The highest BCUT2D eigenvalue weighted by molar-refractivity contribution is 5.59. The maximum Gasteiger partial charge on any atom is 0.267 e. The molecule has 3 aromatic rings. The highest BCUT2D eigenvalue weighted by Gasteiger charge is 2.39. The quantitative estimate of drug-likeness (QED) is 0.742. The van der Waals surface area contributed by atoms with E-state index >= 15 is 0 Å². The Morgan fingerprint density at radius 3 is 2.71 bits per heavy atom. The third kappa shape index (κ3) is 3.42. The van der Waals surface area contributed by atoms with Gasteiger partial charge < -0.3 is 5.32 Å². The lowest BCUT2D eigenvalue weighted by Gasteiger charge is -2.47. The lowest BCUT2D eigenvalue weighted by Crippen LogP contribution is -2.43. The molecule has 142 valence electrons. The summed E-state index contributed by atoms with van der Waals surface area (Å²) in [4.78, 5) is 20.9. The van der Waals surface area contributed by atoms with Crippen LogP contribution in [0.2, 0.25) is 0 Å². The van der Waals surface area contributed by atoms with Gasteiger partial charge in [-0.2, -0.15) is 5.10 Å². The van der Waals surface area contributed by atoms with Crippen molar-refractivity contribution >= 4 is 5.82 Å². The smallest absolute Gasteiger partial charge is 0.267 e. The first-order valence-electron chi connectivity index (χ1n) is 9.94. The number of rotatable bonds is 5. The lowest BCUT2D eigenvalue weighted by molar-refractivity contribution is 0.100. The van der Waals surface area contributed by atoms with Gasteiger partial charge in [0.1, 0.15) is 5.82 Å². The molecule has 28 heavy (non-hydrogen) atoms. The minimum atomic E-state index is -0.130. The second-order valence-corrected chi connectivity index (χ2v) is 7.93. The molecule has 0 radical (unpaired) electrons. The summed E-state index contributed by atoms with van der Waals surface area (Å²) >= 11 is 0. The minimum absolute atomic E-state index is 0.130. The third-order valence-corrected chi connectivity index (χ3v) is 6.04. The first-order valence-corrected chi connectivity index (χ1v) is 9.94. The van der Waals surface area contributed by atoms with Gasteiger partial charge in [0.15, 0.2) is 0 Å². The Hall–Kier alpha value is -3.02. The second kappa shape index (κ2) is 7.19. The van der Waals surface area contributed by atoms with Crippen LogP contribution >= 0.6 is 0 Å². The summed E-state index contributed by atoms with van der Waals surface area (Å²) in [6, 6.07) is 11.7. The molecule has 6 rings (SSSR count). The number of hydrogen-bond donors (Lipinski definition) is 1. The van der Waals surface area contributed by atoms with Gasteiger partial charge in [0.05, 0.1) is 12.2 Å². The maximum atomic E-state index is 12.2. The molecular formula is C22H23N5O. The van der Waals surface area contributed by atoms with Crippen LogP contribution in [0.3, 0.4) is 0 Å². The summed E-state index contributed by atoms with van der Waals surface area (Å²) in [7, 11) is 0. The van der Waals surface area contributed by atoms with Crippen LogP contribution in [0.25, 0.3) is 11.3 Å². The van der Waals surface area contributed by atoms with Gasteiger partial charge in [-0.05, 0) is 67.3 Å². The van der Waals surface area contributed by atoms with E-state index in [1.54, 1.807) is 24.5 Å². The number of hydrogen-bond acceptors (Lipinski definition) is 5. The Balaban J connectivity index is 1.33. The van der Waals surface area contributed by atoms with Gasteiger partial charge in [-0.1, -0.05) is 6.07 Å². The molecule has 6 heteroatoms. The molecule has 0 aromatic carbocycles. The molecule has 1 N–H and O–H groups in total. The van der Waals surface area contributed by atoms with Crippen LogP contribution in [-0.2, 0) is 6.54 Å². The Kier molecular flexibility index (Phi) is 4.39. The molecule has 0 amide bonds. The predicted molar refractivity (Wildman–Crippen MR) is 108 cm³/mol. The molecule has 0 saturated heterocycles. The molecule has 1 unspecified atom stereocenters. The minimum Gasteiger partial charge on any atom is -0.367 e. The van der Waals surface area contributed by atoms with Gasteiger partial charge in [-0.15, -0.1) is 0 Å². The summed E-state index contributed by atoms with van der Waals surface area (Å²) in [5.74, 6) is 2.72. The third-order valence-electron chi connectivity index (χ3n) is 6.04. The van der Waals surface area contributed by atoms with Crippen molar-refractivity contribution in [1.29, 1.82) is 0 Å². The first kappa shape index (κ1) is 17.1. The van der Waals surface area contributed by atoms with Crippen LogP contribution in [0.1, 0.15) is 31.2 Å². The SMILES string of the molecule is O=c1ccc(-c2ccc(NC3CCC4CC3C4)nc2)nn1Cc1cccnc1. The fourth-order valence-corrected chi connectivity index (χ4v) is 4.39. The zero-order valence-corrected chi connectivity index (χ0v) is 15.7. The van der Waals surface area contributed by atoms with E-state index in [-0.39, 0.29) is 5.56 Å². The highest BCUT2D eigenvalue weighted by atomic mass is 16.1. The van der Waals surface area contributed by atoms with E-state index in [9.17, 15) is 4.79 Å². The second-order valence-electron chi connectivity index (χ2n) is 7.93. The van der Waals surface area contributed by atoms with Crippen molar-refractivity contribution in [2.45, 2.75) is 38.3 Å². The fraction of sp³-hybridized carbons (Fsp3) is 0.364. The average molecular weight is 373 g/mol. The molecule has 0 aliphatic heterocycles. The van der Waals surface area contributed by atoms with Crippen LogP contribution in [0, 0.1) is 11.8 Å². The molecule has 1 atom stereocenters. The van der Waals surface area contributed by atoms with Crippen molar-refractivity contribution < 1.29 is 0 Å². The summed E-state index contributed by atoms with van der Waals surface area (Å²) in [6.45, 7) is 0.400. The topological polar surface area (TPSA) is 72.7 Å². The van der Waals surface area contributed by atoms with Crippen molar-refractivity contribution in [3.63, 3.8) is 0 Å². The first-order chi connectivity index (χ1) is 13.7. The van der Waals surface area contributed by atoms with E-state index in [1.807, 2.05) is 30.5 Å². The van der Waals surface area contributed by atoms with Crippen molar-refractivity contribution in [3.8, 4) is 11.3 Å². The van der Waals surface area contributed by atoms with Gasteiger partial charge in [0.25, 0.3) is 5.56 Å². The molecule has 3 aliphatic carbocycles. The Bertz CT molecular complexity index is 1010. The van der Waals surface area contributed by atoms with Crippen LogP contribution in [0.4, 0.5) is 5.82 Å². The lowest BCUT2D eigenvalue weighted by atomic mass is 9.63. The number of nitrogens with zero attached hydrogens (tertiary/aromatic N) is 4. The average Bonchev–Trinajstić information content (AvgIpc) is 2.71. The zero-order valence-electron chi connectivity index (χ0n) is 15.7. The molecular weight excluding hydrogens is 350 g/mol. The Morgan fingerprint density at radius 1 is 1.07 bits per heavy atom. The molecule has 3 aromatic heterocycles. The molecule has 3 fully saturated rings. The van der Waals surface area contributed by atoms with E-state index < -0.39 is 0 Å². The number of pyridine rings is 2. The highest BCUT2D eigenvalue weighted by Crippen LogP contribution is 2.46. The number of nitrogens with one attached hydrogen (secondary N) is 1. The summed E-state index contributed by atoms with van der Waals surface area (Å²) in [5.41, 5.74) is 2.45. The Labute approximate surface area is 163 Å². The monoisotopic (exact) mass is 373 g/mol. The van der Waals surface area contributed by atoms with E-state index in [1.165, 1.54) is 30.4 Å². The van der Waals surface area contributed by atoms with Gasteiger partial charge in [0, 0.05) is 36.3 Å². The summed E-state index contributed by atoms with van der Waals surface area (Å²) in [5, 5.41) is 8.12. The fourth-order valence-electron chi connectivity index (χ4n) is 4.39. The maximum absolute atomic E-state index is 12.2. The predicted octanol–water partition coefficient (Wildman–Crippen LogP) is 3.35. The number of anilines is 1. The van der Waals surface area contributed by atoms with Crippen LogP contribution in [0.5, 0.6) is 0 Å². The van der Waals surface area contributed by atoms with Crippen LogP contribution in [0.15, 0.2) is 59.8 Å². The molecule has 0 spiro atoms. The van der Waals surface area contributed by atoms with E-state index in [0.717, 1.165) is 34.5 Å². The van der Waals surface area contributed by atoms with Crippen molar-refractivity contribution in [2.75, 3.05) is 5.32 Å². The molecule has 6 nitrogen and oxygen atoms in total. The van der Waals surface area contributed by atoms with E-state index in [2.05, 4.69) is 20.4 Å². The van der Waals surface area contributed by atoms with Crippen LogP contribution in [-0.4, -0.2) is 25.8 Å². The molecule has 3 heterocycles. The largest absolute Gasteiger partial charge is 0.367 e. The zero-order chi connectivity index (χ0) is 18.9. The van der Waals surface area contributed by atoms with Gasteiger partial charge in [-0.25, -0.2) is 9.67 Å². The van der Waals surface area contributed by atoms with E-state index in [0.29, 0.717) is 12.6 Å². The number of fused-ring (bicyclic) bond motifs is 2.